The first kappa shape index (κ1) is 6.39. The molecule has 3 heteroatoms. The second kappa shape index (κ2) is 2.71. The zero-order valence-electron chi connectivity index (χ0n) is 5.13. The zero-order chi connectivity index (χ0) is 6.69. The third-order valence-corrected chi connectivity index (χ3v) is 1.25. The van der Waals surface area contributed by atoms with Gasteiger partial charge in [-0.1, -0.05) is 0 Å². The normalized spacial score (nSPS) is 17.0. The third kappa shape index (κ3) is 2.35. The molecular weight excluding hydrogens is 120 g/mol. The van der Waals surface area contributed by atoms with Gasteiger partial charge in [0.2, 0.25) is 0 Å². The van der Waals surface area contributed by atoms with Crippen molar-refractivity contribution in [2.45, 2.75) is 12.8 Å². The highest BCUT2D eigenvalue weighted by atomic mass is 16.7. The van der Waals surface area contributed by atoms with Crippen molar-refractivity contribution in [3.8, 4) is 0 Å². The summed E-state index contributed by atoms with van der Waals surface area (Å²) in [4.78, 5) is 10.2. The van der Waals surface area contributed by atoms with Crippen LogP contribution in [0.15, 0.2) is 0 Å². The van der Waals surface area contributed by atoms with E-state index in [0.717, 1.165) is 0 Å². The van der Waals surface area contributed by atoms with Crippen molar-refractivity contribution < 1.29 is 14.3 Å². The average Bonchev–Trinajstić information content (AvgIpc) is 2.65. The highest BCUT2D eigenvalue weighted by Gasteiger charge is 2.22. The van der Waals surface area contributed by atoms with Crippen LogP contribution in [0.1, 0.15) is 12.8 Å². The highest BCUT2D eigenvalue weighted by molar-refractivity contribution is 5.59. The number of ether oxygens (including phenoxy) is 2. The number of rotatable bonds is 2. The summed E-state index contributed by atoms with van der Waals surface area (Å²) in [6.07, 6.45) is 1.66. The van der Waals surface area contributed by atoms with Gasteiger partial charge >= 0.3 is 6.16 Å². The molecule has 0 amide bonds. The maximum Gasteiger partial charge on any atom is 0.508 e. The summed E-state index contributed by atoms with van der Waals surface area (Å²) in [7, 11) is 2.91. The van der Waals surface area contributed by atoms with Gasteiger partial charge in [-0.05, 0) is 18.8 Å². The molecule has 0 aliphatic heterocycles. The van der Waals surface area contributed by atoms with Gasteiger partial charge in [0.25, 0.3) is 0 Å². The van der Waals surface area contributed by atoms with Crippen LogP contribution in [0.3, 0.4) is 0 Å². The Morgan fingerprint density at radius 1 is 1.67 bits per heavy atom. The molecule has 1 aliphatic carbocycles. The lowest BCUT2D eigenvalue weighted by Crippen LogP contribution is -2.05. The van der Waals surface area contributed by atoms with E-state index in [9.17, 15) is 4.79 Å². The molecule has 0 bridgehead atoms. The number of hydrogen-bond acceptors (Lipinski definition) is 3. The lowest BCUT2D eigenvalue weighted by atomic mass is 10.5. The molecule has 0 aromatic heterocycles. The van der Waals surface area contributed by atoms with Gasteiger partial charge in [0, 0.05) is 0 Å². The Morgan fingerprint density at radius 2 is 2.33 bits per heavy atom. The lowest BCUT2D eigenvalue weighted by molar-refractivity contribution is 0.0791. The summed E-state index contributed by atoms with van der Waals surface area (Å²) in [5, 5.41) is 0. The fourth-order valence-electron chi connectivity index (χ4n) is 0.512. The predicted octanol–water partition coefficient (Wildman–Crippen LogP) is 1.34. The quantitative estimate of drug-likeness (QED) is 0.528. The molecule has 0 aromatic rings. The molecule has 1 fully saturated rings. The van der Waals surface area contributed by atoms with Crippen LogP contribution in [0.4, 0.5) is 4.79 Å². The van der Waals surface area contributed by atoms with Gasteiger partial charge in [-0.15, -0.1) is 0 Å². The van der Waals surface area contributed by atoms with E-state index in [1.165, 1.54) is 12.8 Å². The predicted molar refractivity (Wildman–Crippen MR) is 30.5 cm³/mol. The maximum atomic E-state index is 10.2. The van der Waals surface area contributed by atoms with Crippen molar-refractivity contribution in [3.05, 3.63) is 7.11 Å². The largest absolute Gasteiger partial charge is 0.508 e. The van der Waals surface area contributed by atoms with Crippen molar-refractivity contribution in [1.29, 1.82) is 0 Å². The minimum atomic E-state index is -0.679. The second-order valence-corrected chi connectivity index (χ2v) is 2.15. The van der Waals surface area contributed by atoms with Crippen LogP contribution in [0.2, 0.25) is 0 Å². The topological polar surface area (TPSA) is 35.5 Å². The molecule has 1 rings (SSSR count). The van der Waals surface area contributed by atoms with E-state index in [1.54, 1.807) is 0 Å². The highest BCUT2D eigenvalue weighted by Crippen LogP contribution is 2.28. The Balaban J connectivity index is 1.96. The van der Waals surface area contributed by atoms with Crippen LogP contribution < -0.4 is 0 Å². The third-order valence-electron chi connectivity index (χ3n) is 1.25. The minimum absolute atomic E-state index is 0.494. The maximum absolute atomic E-state index is 10.2. The first-order valence-corrected chi connectivity index (χ1v) is 2.91. The molecule has 0 spiro atoms. The molecule has 0 saturated heterocycles. The summed E-state index contributed by atoms with van der Waals surface area (Å²) in [6.45, 7) is 0.494. The first-order valence-electron chi connectivity index (χ1n) is 2.91. The molecule has 0 unspecified atom stereocenters. The van der Waals surface area contributed by atoms with E-state index >= 15 is 0 Å². The summed E-state index contributed by atoms with van der Waals surface area (Å²) in [5.41, 5.74) is 0. The molecule has 3 nitrogen and oxygen atoms in total. The second-order valence-electron chi connectivity index (χ2n) is 2.15. The minimum Gasteiger partial charge on any atom is -0.434 e. The van der Waals surface area contributed by atoms with Gasteiger partial charge in [0.1, 0.15) is 7.11 Å². The summed E-state index contributed by atoms with van der Waals surface area (Å²) < 4.78 is 8.61. The Kier molecular flexibility index (Phi) is 1.92. The van der Waals surface area contributed by atoms with Crippen LogP contribution in [0.25, 0.3) is 0 Å². The van der Waals surface area contributed by atoms with Crippen molar-refractivity contribution in [2.75, 3.05) is 6.61 Å². The molecule has 0 atom stereocenters. The van der Waals surface area contributed by atoms with E-state index in [-0.39, 0.29) is 0 Å². The molecule has 51 valence electrons. The fourth-order valence-corrected chi connectivity index (χ4v) is 0.512. The van der Waals surface area contributed by atoms with E-state index in [2.05, 4.69) is 16.6 Å². The van der Waals surface area contributed by atoms with Crippen molar-refractivity contribution in [3.63, 3.8) is 0 Å². The molecule has 9 heavy (non-hydrogen) atoms. The molecule has 0 heterocycles. The van der Waals surface area contributed by atoms with E-state index in [1.807, 2.05) is 0 Å². The van der Waals surface area contributed by atoms with E-state index < -0.39 is 6.16 Å². The first-order chi connectivity index (χ1) is 4.33. The van der Waals surface area contributed by atoms with E-state index in [0.29, 0.717) is 12.5 Å². The molecule has 1 saturated carbocycles. The van der Waals surface area contributed by atoms with Crippen LogP contribution in [-0.4, -0.2) is 12.8 Å². The molecule has 1 aliphatic rings. The SMILES string of the molecule is [CH2]OC(=O)OCC1CC1. The monoisotopic (exact) mass is 129 g/mol. The number of hydrogen-bond donors (Lipinski definition) is 0. The Hall–Kier alpha value is -0.730. The van der Waals surface area contributed by atoms with Crippen molar-refractivity contribution in [1.82, 2.24) is 0 Å². The summed E-state index contributed by atoms with van der Waals surface area (Å²) in [6, 6.07) is 0. The van der Waals surface area contributed by atoms with Crippen molar-refractivity contribution in [2.24, 2.45) is 5.92 Å². The fraction of sp³-hybridized carbons (Fsp3) is 0.667. The zero-order valence-corrected chi connectivity index (χ0v) is 5.13. The van der Waals surface area contributed by atoms with Crippen molar-refractivity contribution >= 4 is 6.16 Å². The molecule has 0 aromatic carbocycles. The van der Waals surface area contributed by atoms with Gasteiger partial charge in [-0.25, -0.2) is 4.79 Å². The van der Waals surface area contributed by atoms with Crippen LogP contribution >= 0.6 is 0 Å². The van der Waals surface area contributed by atoms with Crippen LogP contribution in [-0.2, 0) is 9.47 Å². The molecular formula is C6H9O3. The van der Waals surface area contributed by atoms with Crippen LogP contribution in [0, 0.1) is 13.0 Å². The van der Waals surface area contributed by atoms with Gasteiger partial charge < -0.3 is 9.47 Å². The van der Waals surface area contributed by atoms with Gasteiger partial charge in [0.15, 0.2) is 0 Å². The average molecular weight is 129 g/mol. The van der Waals surface area contributed by atoms with E-state index in [4.69, 9.17) is 0 Å². The Bertz CT molecular complexity index is 107. The lowest BCUT2D eigenvalue weighted by Gasteiger charge is -1.98. The summed E-state index contributed by atoms with van der Waals surface area (Å²) >= 11 is 0. The smallest absolute Gasteiger partial charge is 0.434 e. The Labute approximate surface area is 53.9 Å². The standard InChI is InChI=1S/C6H9O3/c1-8-6(7)9-4-5-2-3-5/h5H,1-4H2. The number of carbonyl (C=O) groups excluding carboxylic acids is 1. The summed E-state index contributed by atoms with van der Waals surface area (Å²) in [5.74, 6) is 0.587. The van der Waals surface area contributed by atoms with Gasteiger partial charge in [-0.2, -0.15) is 0 Å². The number of carbonyl (C=O) groups is 1. The molecule has 1 radical (unpaired) electrons. The van der Waals surface area contributed by atoms with Gasteiger partial charge in [-0.3, -0.25) is 0 Å². The molecule has 0 N–H and O–H groups in total. The Morgan fingerprint density at radius 3 is 2.78 bits per heavy atom. The van der Waals surface area contributed by atoms with Crippen LogP contribution in [0.5, 0.6) is 0 Å². The van der Waals surface area contributed by atoms with Gasteiger partial charge in [0.05, 0.1) is 6.61 Å².